The number of carbonyl (C=O) groups is 3. The maximum absolute atomic E-state index is 11.9. The molecule has 1 fully saturated rings. The van der Waals surface area contributed by atoms with Crippen LogP contribution in [0, 0.1) is 0 Å². The maximum atomic E-state index is 11.9. The molecule has 1 saturated heterocycles. The van der Waals surface area contributed by atoms with Gasteiger partial charge in [0.05, 0.1) is 30.4 Å². The van der Waals surface area contributed by atoms with Crippen LogP contribution in [-0.2, 0) is 11.3 Å². The topological polar surface area (TPSA) is 125 Å². The van der Waals surface area contributed by atoms with Crippen molar-refractivity contribution in [3.05, 3.63) is 30.0 Å². The number of aromatic nitrogens is 2. The zero-order valence-corrected chi connectivity index (χ0v) is 14.7. The second-order valence-electron chi connectivity index (χ2n) is 6.24. The van der Waals surface area contributed by atoms with Crippen molar-refractivity contribution in [3.63, 3.8) is 0 Å². The number of nitrogens with zero attached hydrogens (tertiary/aromatic N) is 4. The number of carboxylic acid groups (broad SMARTS) is 2. The summed E-state index contributed by atoms with van der Waals surface area (Å²) in [6.45, 7) is 0.800. The monoisotopic (exact) mass is 376 g/mol. The molecule has 3 rings (SSSR count). The molecule has 0 bridgehead atoms. The Morgan fingerprint density at radius 1 is 1.22 bits per heavy atom. The maximum Gasteiger partial charge on any atom is 0.407 e. The van der Waals surface area contributed by atoms with Gasteiger partial charge in [0, 0.05) is 31.6 Å². The van der Waals surface area contributed by atoms with Gasteiger partial charge in [-0.1, -0.05) is 6.07 Å². The summed E-state index contributed by atoms with van der Waals surface area (Å²) in [5, 5.41) is 23.5. The number of benzene rings is 1. The van der Waals surface area contributed by atoms with Crippen molar-refractivity contribution < 1.29 is 29.3 Å². The number of methoxy groups -OCH3 is 1. The van der Waals surface area contributed by atoms with Crippen molar-refractivity contribution in [1.29, 1.82) is 0 Å². The van der Waals surface area contributed by atoms with Gasteiger partial charge >= 0.3 is 18.2 Å². The summed E-state index contributed by atoms with van der Waals surface area (Å²) in [4.78, 5) is 37.0. The number of ether oxygens (including phenoxy) is 1. The molecule has 0 spiro atoms. The highest BCUT2D eigenvalue weighted by molar-refractivity contribution is 6.03. The molecule has 1 aliphatic heterocycles. The third-order valence-electron chi connectivity index (χ3n) is 4.77. The van der Waals surface area contributed by atoms with E-state index < -0.39 is 24.2 Å². The van der Waals surface area contributed by atoms with Gasteiger partial charge in [-0.2, -0.15) is 5.10 Å². The Hall–Kier alpha value is -3.30. The van der Waals surface area contributed by atoms with Crippen LogP contribution in [0.15, 0.2) is 24.4 Å². The minimum Gasteiger partial charge on any atom is -0.465 e. The molecule has 27 heavy (non-hydrogen) atoms. The Morgan fingerprint density at radius 2 is 2.00 bits per heavy atom. The van der Waals surface area contributed by atoms with Crippen molar-refractivity contribution in [3.8, 4) is 0 Å². The molecule has 0 unspecified atom stereocenters. The summed E-state index contributed by atoms with van der Waals surface area (Å²) >= 11 is 0. The van der Waals surface area contributed by atoms with Crippen molar-refractivity contribution in [2.75, 3.05) is 26.7 Å². The van der Waals surface area contributed by atoms with Gasteiger partial charge < -0.3 is 24.7 Å². The van der Waals surface area contributed by atoms with Gasteiger partial charge in [0.15, 0.2) is 0 Å². The fraction of sp³-hybridized carbons (Fsp3) is 0.412. The SMILES string of the molecule is COC(=O)c1cccc2c1cnn2CC[C@@H]1CN(C(=O)O)CCN1C(=O)O. The molecule has 2 heterocycles. The highest BCUT2D eigenvalue weighted by Crippen LogP contribution is 2.21. The van der Waals surface area contributed by atoms with Gasteiger partial charge in [0.2, 0.25) is 0 Å². The quantitative estimate of drug-likeness (QED) is 0.776. The Labute approximate surface area is 154 Å². The van der Waals surface area contributed by atoms with E-state index in [0.717, 1.165) is 5.52 Å². The average Bonchev–Trinajstić information content (AvgIpc) is 3.08. The van der Waals surface area contributed by atoms with Crippen molar-refractivity contribution in [2.45, 2.75) is 19.0 Å². The molecular formula is C17H20N4O6. The van der Waals surface area contributed by atoms with E-state index in [1.165, 1.54) is 16.9 Å². The molecule has 144 valence electrons. The van der Waals surface area contributed by atoms with Gasteiger partial charge in [-0.25, -0.2) is 14.4 Å². The predicted octanol–water partition coefficient (Wildman–Crippen LogP) is 1.56. The second-order valence-corrected chi connectivity index (χ2v) is 6.24. The molecule has 0 saturated carbocycles. The number of amides is 2. The first-order valence-corrected chi connectivity index (χ1v) is 8.42. The third kappa shape index (κ3) is 3.64. The second kappa shape index (κ2) is 7.52. The fourth-order valence-corrected chi connectivity index (χ4v) is 3.37. The number of hydrogen-bond acceptors (Lipinski definition) is 5. The number of fused-ring (bicyclic) bond motifs is 1. The minimum absolute atomic E-state index is 0.119. The summed E-state index contributed by atoms with van der Waals surface area (Å²) in [5.41, 5.74) is 1.13. The first-order chi connectivity index (χ1) is 12.9. The van der Waals surface area contributed by atoms with E-state index >= 15 is 0 Å². The Bertz CT molecular complexity index is 879. The molecule has 10 heteroatoms. The van der Waals surface area contributed by atoms with Gasteiger partial charge in [-0.15, -0.1) is 0 Å². The molecular weight excluding hydrogens is 356 g/mol. The minimum atomic E-state index is -1.07. The zero-order chi connectivity index (χ0) is 19.6. The number of rotatable bonds is 4. The van der Waals surface area contributed by atoms with Crippen LogP contribution < -0.4 is 0 Å². The fourth-order valence-electron chi connectivity index (χ4n) is 3.37. The molecule has 1 aromatic heterocycles. The van der Waals surface area contributed by atoms with E-state index in [1.807, 2.05) is 6.07 Å². The highest BCUT2D eigenvalue weighted by Gasteiger charge is 2.32. The van der Waals surface area contributed by atoms with Gasteiger partial charge in [0.25, 0.3) is 0 Å². The Kier molecular flexibility index (Phi) is 5.15. The standard InChI is InChI=1S/C17H20N4O6/c1-27-15(22)12-3-2-4-14-13(12)9-18-21(14)6-5-11-10-19(16(23)24)7-8-20(11)17(25)26/h2-4,9,11H,5-8,10H2,1H3,(H,23,24)(H,25,26)/t11-/m1/s1. The lowest BCUT2D eigenvalue weighted by Gasteiger charge is -2.38. The molecule has 2 N–H and O–H groups in total. The molecule has 2 aromatic rings. The lowest BCUT2D eigenvalue weighted by atomic mass is 10.1. The van der Waals surface area contributed by atoms with Crippen LogP contribution in [0.2, 0.25) is 0 Å². The molecule has 10 nitrogen and oxygen atoms in total. The van der Waals surface area contributed by atoms with E-state index in [-0.39, 0.29) is 19.6 Å². The van der Waals surface area contributed by atoms with E-state index in [1.54, 1.807) is 23.0 Å². The molecule has 1 atom stereocenters. The van der Waals surface area contributed by atoms with E-state index in [0.29, 0.717) is 23.9 Å². The van der Waals surface area contributed by atoms with Gasteiger partial charge in [-0.05, 0) is 18.6 Å². The zero-order valence-electron chi connectivity index (χ0n) is 14.7. The number of aryl methyl sites for hydroxylation is 1. The van der Waals surface area contributed by atoms with Crippen LogP contribution >= 0.6 is 0 Å². The average molecular weight is 376 g/mol. The summed E-state index contributed by atoms with van der Waals surface area (Å²) in [6, 6.07) is 4.73. The number of esters is 1. The largest absolute Gasteiger partial charge is 0.465 e. The Balaban J connectivity index is 1.79. The van der Waals surface area contributed by atoms with Crippen molar-refractivity contribution >= 4 is 29.1 Å². The van der Waals surface area contributed by atoms with Crippen LogP contribution in [0.4, 0.5) is 9.59 Å². The van der Waals surface area contributed by atoms with Crippen molar-refractivity contribution in [1.82, 2.24) is 19.6 Å². The molecule has 2 amide bonds. The van der Waals surface area contributed by atoms with Crippen LogP contribution in [0.5, 0.6) is 0 Å². The van der Waals surface area contributed by atoms with Crippen LogP contribution in [0.1, 0.15) is 16.8 Å². The lowest BCUT2D eigenvalue weighted by Crippen LogP contribution is -2.56. The van der Waals surface area contributed by atoms with E-state index in [2.05, 4.69) is 5.10 Å². The van der Waals surface area contributed by atoms with Crippen molar-refractivity contribution in [2.24, 2.45) is 0 Å². The first-order valence-electron chi connectivity index (χ1n) is 8.42. The normalized spacial score (nSPS) is 17.1. The highest BCUT2D eigenvalue weighted by atomic mass is 16.5. The van der Waals surface area contributed by atoms with Gasteiger partial charge in [0.1, 0.15) is 0 Å². The van der Waals surface area contributed by atoms with Crippen LogP contribution in [0.3, 0.4) is 0 Å². The van der Waals surface area contributed by atoms with Crippen LogP contribution in [-0.4, -0.2) is 80.7 Å². The first kappa shape index (κ1) is 18.5. The van der Waals surface area contributed by atoms with E-state index in [4.69, 9.17) is 4.74 Å². The number of hydrogen-bond donors (Lipinski definition) is 2. The summed E-state index contributed by atoms with van der Waals surface area (Å²) in [7, 11) is 1.31. The summed E-state index contributed by atoms with van der Waals surface area (Å²) in [5.74, 6) is -0.457. The lowest BCUT2D eigenvalue weighted by molar-refractivity contribution is 0.0594. The summed E-state index contributed by atoms with van der Waals surface area (Å²) < 4.78 is 6.46. The number of piperazine rings is 1. The van der Waals surface area contributed by atoms with E-state index in [9.17, 15) is 24.6 Å². The summed E-state index contributed by atoms with van der Waals surface area (Å²) in [6.07, 6.45) is -0.156. The van der Waals surface area contributed by atoms with Gasteiger partial charge in [-0.3, -0.25) is 4.68 Å². The van der Waals surface area contributed by atoms with Crippen LogP contribution in [0.25, 0.3) is 10.9 Å². The molecule has 0 radical (unpaired) electrons. The smallest absolute Gasteiger partial charge is 0.407 e. The predicted molar refractivity (Wildman–Crippen MR) is 93.8 cm³/mol. The molecule has 0 aliphatic carbocycles. The number of carbonyl (C=O) groups excluding carboxylic acids is 1. The third-order valence-corrected chi connectivity index (χ3v) is 4.77. The molecule has 1 aromatic carbocycles. The molecule has 1 aliphatic rings. The Morgan fingerprint density at radius 3 is 2.67 bits per heavy atom.